The van der Waals surface area contributed by atoms with E-state index in [9.17, 15) is 9.59 Å². The van der Waals surface area contributed by atoms with Crippen LogP contribution >= 0.6 is 0 Å². The Hall–Kier alpha value is -3.60. The third-order valence-corrected chi connectivity index (χ3v) is 5.33. The number of rotatable bonds is 7. The van der Waals surface area contributed by atoms with Gasteiger partial charge in [-0.05, 0) is 42.7 Å². The summed E-state index contributed by atoms with van der Waals surface area (Å²) in [5.74, 6) is -0.676. The number of amides is 1. The SMILES string of the molecule is COC(=O)C1=C(C)N(CCc2ccccc2)C(=O)C1=CC=Cc1ccc(N(C)C)cc1. The maximum atomic E-state index is 13.1. The first-order valence-electron chi connectivity index (χ1n) is 10.2. The molecule has 2 aromatic carbocycles. The largest absolute Gasteiger partial charge is 0.465 e. The minimum absolute atomic E-state index is 0.179. The molecule has 1 heterocycles. The van der Waals surface area contributed by atoms with Crippen LogP contribution < -0.4 is 4.90 Å². The molecule has 31 heavy (non-hydrogen) atoms. The smallest absolute Gasteiger partial charge is 0.340 e. The van der Waals surface area contributed by atoms with Gasteiger partial charge < -0.3 is 14.5 Å². The molecule has 0 bridgehead atoms. The van der Waals surface area contributed by atoms with E-state index in [1.807, 2.05) is 79.7 Å². The maximum absolute atomic E-state index is 13.1. The molecule has 0 aromatic heterocycles. The second-order valence-electron chi connectivity index (χ2n) is 7.57. The van der Waals surface area contributed by atoms with E-state index in [4.69, 9.17) is 4.74 Å². The minimum atomic E-state index is -0.497. The van der Waals surface area contributed by atoms with Crippen LogP contribution in [-0.2, 0) is 20.7 Å². The van der Waals surface area contributed by atoms with E-state index < -0.39 is 5.97 Å². The van der Waals surface area contributed by atoms with Crippen LogP contribution in [0.2, 0.25) is 0 Å². The Labute approximate surface area is 183 Å². The number of nitrogens with zero attached hydrogens (tertiary/aromatic N) is 2. The monoisotopic (exact) mass is 416 g/mol. The highest BCUT2D eigenvalue weighted by Crippen LogP contribution is 2.30. The number of benzene rings is 2. The standard InChI is InChI=1S/C26H28N2O3/c1-19-24(26(30)31-4)23(12-8-11-21-13-15-22(16-14-21)27(2)3)25(29)28(19)18-17-20-9-6-5-7-10-20/h5-16H,17-18H2,1-4H3. The van der Waals surface area contributed by atoms with Crippen LogP contribution in [0.1, 0.15) is 18.1 Å². The number of hydrogen-bond acceptors (Lipinski definition) is 4. The van der Waals surface area contributed by atoms with Gasteiger partial charge in [-0.3, -0.25) is 4.79 Å². The van der Waals surface area contributed by atoms with Gasteiger partial charge in [-0.15, -0.1) is 0 Å². The average Bonchev–Trinajstić information content (AvgIpc) is 3.02. The Morgan fingerprint density at radius 2 is 1.74 bits per heavy atom. The molecule has 1 amide bonds. The van der Waals surface area contributed by atoms with Gasteiger partial charge in [0.15, 0.2) is 0 Å². The summed E-state index contributed by atoms with van der Waals surface area (Å²) in [5, 5.41) is 0. The fraction of sp³-hybridized carbons (Fsp3) is 0.231. The highest BCUT2D eigenvalue weighted by atomic mass is 16.5. The molecule has 1 aliphatic heterocycles. The zero-order valence-electron chi connectivity index (χ0n) is 18.5. The van der Waals surface area contributed by atoms with Crippen LogP contribution in [0.4, 0.5) is 5.69 Å². The average molecular weight is 417 g/mol. The zero-order chi connectivity index (χ0) is 22.4. The normalized spacial score (nSPS) is 15.3. The van der Waals surface area contributed by atoms with Crippen molar-refractivity contribution >= 4 is 23.6 Å². The molecule has 3 rings (SSSR count). The van der Waals surface area contributed by atoms with Gasteiger partial charge in [-0.2, -0.15) is 0 Å². The lowest BCUT2D eigenvalue weighted by Crippen LogP contribution is -2.27. The molecule has 2 aromatic rings. The van der Waals surface area contributed by atoms with E-state index >= 15 is 0 Å². The number of hydrogen-bond donors (Lipinski definition) is 0. The van der Waals surface area contributed by atoms with Gasteiger partial charge in [0, 0.05) is 32.0 Å². The van der Waals surface area contributed by atoms with Gasteiger partial charge in [-0.25, -0.2) is 4.79 Å². The molecule has 160 valence electrons. The van der Waals surface area contributed by atoms with Crippen molar-refractivity contribution in [2.75, 3.05) is 32.6 Å². The van der Waals surface area contributed by atoms with Crippen molar-refractivity contribution in [2.24, 2.45) is 0 Å². The minimum Gasteiger partial charge on any atom is -0.465 e. The topological polar surface area (TPSA) is 49.9 Å². The molecule has 0 aliphatic carbocycles. The van der Waals surface area contributed by atoms with Gasteiger partial charge in [0.2, 0.25) is 0 Å². The molecule has 0 saturated carbocycles. The quantitative estimate of drug-likeness (QED) is 0.501. The Morgan fingerprint density at radius 3 is 2.35 bits per heavy atom. The Balaban J connectivity index is 1.82. The molecular formula is C26H28N2O3. The lowest BCUT2D eigenvalue weighted by Gasteiger charge is -2.17. The molecule has 0 atom stereocenters. The van der Waals surface area contributed by atoms with Gasteiger partial charge in [0.1, 0.15) is 0 Å². The van der Waals surface area contributed by atoms with E-state index in [1.54, 1.807) is 24.0 Å². The molecule has 0 spiro atoms. The number of allylic oxidation sites excluding steroid dienone is 3. The fourth-order valence-electron chi connectivity index (χ4n) is 3.54. The summed E-state index contributed by atoms with van der Waals surface area (Å²) >= 11 is 0. The number of ether oxygens (including phenoxy) is 1. The van der Waals surface area contributed by atoms with Crippen LogP contribution in [0.5, 0.6) is 0 Å². The number of anilines is 1. The van der Waals surface area contributed by atoms with Crippen molar-refractivity contribution in [3.8, 4) is 0 Å². The van der Waals surface area contributed by atoms with Crippen LogP contribution in [0.3, 0.4) is 0 Å². The number of carbonyl (C=O) groups is 2. The third-order valence-electron chi connectivity index (χ3n) is 5.33. The molecule has 1 aliphatic rings. The third kappa shape index (κ3) is 5.12. The summed E-state index contributed by atoms with van der Waals surface area (Å²) in [6, 6.07) is 18.1. The summed E-state index contributed by atoms with van der Waals surface area (Å²) in [4.78, 5) is 29.2. The first-order chi connectivity index (χ1) is 14.9. The molecule has 5 heteroatoms. The zero-order valence-corrected chi connectivity index (χ0v) is 18.5. The molecule has 0 N–H and O–H groups in total. The predicted molar refractivity (Wildman–Crippen MR) is 124 cm³/mol. The van der Waals surface area contributed by atoms with Crippen molar-refractivity contribution in [1.29, 1.82) is 0 Å². The van der Waals surface area contributed by atoms with Crippen LogP contribution in [0.15, 0.2) is 83.6 Å². The fourth-order valence-corrected chi connectivity index (χ4v) is 3.54. The summed E-state index contributed by atoms with van der Waals surface area (Å²) in [6.07, 6.45) is 6.12. The van der Waals surface area contributed by atoms with E-state index in [0.717, 1.165) is 16.8 Å². The molecule has 0 saturated heterocycles. The number of carbonyl (C=O) groups excluding carboxylic acids is 2. The Kier molecular flexibility index (Phi) is 7.08. The van der Waals surface area contributed by atoms with Gasteiger partial charge >= 0.3 is 5.97 Å². The van der Waals surface area contributed by atoms with Crippen LogP contribution in [0, 0.1) is 0 Å². The van der Waals surface area contributed by atoms with Gasteiger partial charge in [0.25, 0.3) is 5.91 Å². The van der Waals surface area contributed by atoms with Crippen molar-refractivity contribution in [1.82, 2.24) is 4.90 Å². The first-order valence-corrected chi connectivity index (χ1v) is 10.2. The highest BCUT2D eigenvalue weighted by Gasteiger charge is 2.36. The Bertz CT molecular complexity index is 1030. The summed E-state index contributed by atoms with van der Waals surface area (Å²) < 4.78 is 4.95. The molecule has 0 fully saturated rings. The summed E-state index contributed by atoms with van der Waals surface area (Å²) in [5.41, 5.74) is 4.58. The lowest BCUT2D eigenvalue weighted by atomic mass is 10.1. The highest BCUT2D eigenvalue weighted by molar-refractivity contribution is 6.13. The Morgan fingerprint density at radius 1 is 1.06 bits per heavy atom. The van der Waals surface area contributed by atoms with Crippen molar-refractivity contribution in [3.63, 3.8) is 0 Å². The maximum Gasteiger partial charge on any atom is 0.340 e. The van der Waals surface area contributed by atoms with E-state index in [-0.39, 0.29) is 5.91 Å². The lowest BCUT2D eigenvalue weighted by molar-refractivity contribution is -0.136. The van der Waals surface area contributed by atoms with Gasteiger partial charge in [-0.1, -0.05) is 54.6 Å². The van der Waals surface area contributed by atoms with E-state index in [1.165, 1.54) is 7.11 Å². The summed E-state index contributed by atoms with van der Waals surface area (Å²) in [7, 11) is 5.32. The van der Waals surface area contributed by atoms with Crippen molar-refractivity contribution < 1.29 is 14.3 Å². The second-order valence-corrected chi connectivity index (χ2v) is 7.57. The van der Waals surface area contributed by atoms with E-state index in [2.05, 4.69) is 0 Å². The molecule has 0 unspecified atom stereocenters. The first kappa shape index (κ1) is 22.1. The van der Waals surface area contributed by atoms with Crippen molar-refractivity contribution in [2.45, 2.75) is 13.3 Å². The van der Waals surface area contributed by atoms with Gasteiger partial charge in [0.05, 0.1) is 18.3 Å². The van der Waals surface area contributed by atoms with Crippen LogP contribution in [-0.4, -0.2) is 44.5 Å². The second kappa shape index (κ2) is 9.94. The number of methoxy groups -OCH3 is 1. The molecule has 0 radical (unpaired) electrons. The number of esters is 1. The predicted octanol–water partition coefficient (Wildman–Crippen LogP) is 4.22. The molecule has 5 nitrogen and oxygen atoms in total. The summed E-state index contributed by atoms with van der Waals surface area (Å²) in [6.45, 7) is 2.29. The van der Waals surface area contributed by atoms with Crippen molar-refractivity contribution in [3.05, 3.63) is 94.7 Å². The molecular weight excluding hydrogens is 388 g/mol. The van der Waals surface area contributed by atoms with E-state index in [0.29, 0.717) is 29.8 Å². The van der Waals surface area contributed by atoms with Crippen LogP contribution in [0.25, 0.3) is 6.08 Å².